The number of nitriles is 1. The van der Waals surface area contributed by atoms with Crippen LogP contribution in [0.15, 0.2) is 11.1 Å². The van der Waals surface area contributed by atoms with Crippen LogP contribution in [0.4, 0.5) is 0 Å². The predicted molar refractivity (Wildman–Crippen MR) is 46.3 cm³/mol. The molecular formula is C9H12N2O2. The van der Waals surface area contributed by atoms with Crippen LogP contribution in [0.25, 0.3) is 0 Å². The molecule has 0 aliphatic heterocycles. The summed E-state index contributed by atoms with van der Waals surface area (Å²) >= 11 is 0. The zero-order valence-corrected chi connectivity index (χ0v) is 7.59. The molecule has 0 bridgehead atoms. The van der Waals surface area contributed by atoms with Gasteiger partial charge in [-0.1, -0.05) is 0 Å². The number of hydrogen-bond acceptors (Lipinski definition) is 3. The molecule has 70 valence electrons. The normalized spacial score (nSPS) is 15.7. The van der Waals surface area contributed by atoms with Gasteiger partial charge in [0.05, 0.1) is 12.7 Å². The number of hydroxylamine groups is 1. The molecule has 0 saturated carbocycles. The Bertz CT molecular complexity index is 276. The molecule has 1 aliphatic carbocycles. The molecule has 4 nitrogen and oxygen atoms in total. The van der Waals surface area contributed by atoms with Crippen LogP contribution in [-0.4, -0.2) is 12.5 Å². The lowest BCUT2D eigenvalue weighted by atomic mass is 10.2. The fourth-order valence-electron chi connectivity index (χ4n) is 1.32. The third-order valence-corrected chi connectivity index (χ3v) is 1.94. The number of amides is 1. The van der Waals surface area contributed by atoms with Gasteiger partial charge in [0.1, 0.15) is 0 Å². The van der Waals surface area contributed by atoms with E-state index in [9.17, 15) is 4.79 Å². The van der Waals surface area contributed by atoms with E-state index in [0.717, 1.165) is 6.42 Å². The molecule has 0 aromatic carbocycles. The lowest BCUT2D eigenvalue weighted by Gasteiger charge is -2.03. The molecule has 4 heteroatoms. The highest BCUT2D eigenvalue weighted by Gasteiger charge is 2.20. The number of nitrogens with one attached hydrogen (secondary N) is 1. The summed E-state index contributed by atoms with van der Waals surface area (Å²) in [5.41, 5.74) is 3.46. The molecule has 0 radical (unpaired) electrons. The summed E-state index contributed by atoms with van der Waals surface area (Å²) in [7, 11) is 0. The molecular weight excluding hydrogens is 168 g/mol. The maximum atomic E-state index is 11.3. The van der Waals surface area contributed by atoms with Gasteiger partial charge in [-0.2, -0.15) is 5.26 Å². The summed E-state index contributed by atoms with van der Waals surface area (Å²) in [6.45, 7) is 2.22. The second-order valence-electron chi connectivity index (χ2n) is 2.79. The molecule has 0 heterocycles. The summed E-state index contributed by atoms with van der Waals surface area (Å²) in [5.74, 6) is -0.268. The largest absolute Gasteiger partial charge is 0.274 e. The van der Waals surface area contributed by atoms with E-state index < -0.39 is 0 Å². The lowest BCUT2D eigenvalue weighted by molar-refractivity contribution is -0.129. The summed E-state index contributed by atoms with van der Waals surface area (Å²) in [4.78, 5) is 16.1. The standard InChI is InChI=1S/C9H12N2O2/c1-2-13-11-9(12)8-5-3-4-7(8)6-10/h2-5H2,1H3,(H,11,12). The van der Waals surface area contributed by atoms with Crippen LogP contribution in [0.1, 0.15) is 26.2 Å². The van der Waals surface area contributed by atoms with Crippen molar-refractivity contribution in [1.29, 1.82) is 5.26 Å². The van der Waals surface area contributed by atoms with Crippen LogP contribution in [0, 0.1) is 11.3 Å². The second kappa shape index (κ2) is 4.63. The predicted octanol–water partition coefficient (Wildman–Crippen LogP) is 1.06. The molecule has 0 fully saturated rings. The number of carbonyl (C=O) groups is 1. The maximum Gasteiger partial charge on any atom is 0.271 e. The molecule has 0 aromatic heterocycles. The molecule has 0 unspecified atom stereocenters. The highest BCUT2D eigenvalue weighted by Crippen LogP contribution is 2.25. The monoisotopic (exact) mass is 180 g/mol. The van der Waals surface area contributed by atoms with Gasteiger partial charge in [0.2, 0.25) is 0 Å². The molecule has 1 aliphatic rings. The van der Waals surface area contributed by atoms with E-state index in [0.29, 0.717) is 30.6 Å². The van der Waals surface area contributed by atoms with Crippen molar-refractivity contribution in [1.82, 2.24) is 5.48 Å². The van der Waals surface area contributed by atoms with E-state index in [2.05, 4.69) is 5.48 Å². The Morgan fingerprint density at radius 3 is 3.08 bits per heavy atom. The van der Waals surface area contributed by atoms with E-state index in [4.69, 9.17) is 10.1 Å². The van der Waals surface area contributed by atoms with Crippen LogP contribution in [0.3, 0.4) is 0 Å². The highest BCUT2D eigenvalue weighted by molar-refractivity contribution is 5.94. The first kappa shape index (κ1) is 9.75. The Labute approximate surface area is 77.1 Å². The summed E-state index contributed by atoms with van der Waals surface area (Å²) in [6, 6.07) is 2.03. The van der Waals surface area contributed by atoms with Crippen molar-refractivity contribution in [3.63, 3.8) is 0 Å². The van der Waals surface area contributed by atoms with E-state index in [1.165, 1.54) is 0 Å². The van der Waals surface area contributed by atoms with E-state index >= 15 is 0 Å². The van der Waals surface area contributed by atoms with Crippen molar-refractivity contribution in [3.8, 4) is 6.07 Å². The van der Waals surface area contributed by atoms with Crippen molar-refractivity contribution >= 4 is 5.91 Å². The Balaban J connectivity index is 2.60. The Morgan fingerprint density at radius 2 is 2.46 bits per heavy atom. The van der Waals surface area contributed by atoms with Gasteiger partial charge in [-0.05, 0) is 26.2 Å². The van der Waals surface area contributed by atoms with Gasteiger partial charge >= 0.3 is 0 Å². The molecule has 13 heavy (non-hydrogen) atoms. The smallest absolute Gasteiger partial charge is 0.271 e. The highest BCUT2D eigenvalue weighted by atomic mass is 16.6. The van der Waals surface area contributed by atoms with E-state index in [1.54, 1.807) is 6.92 Å². The fraction of sp³-hybridized carbons (Fsp3) is 0.556. The molecule has 0 saturated heterocycles. The van der Waals surface area contributed by atoms with Crippen LogP contribution in [0.5, 0.6) is 0 Å². The Morgan fingerprint density at radius 1 is 1.69 bits per heavy atom. The minimum atomic E-state index is -0.268. The minimum Gasteiger partial charge on any atom is -0.274 e. The van der Waals surface area contributed by atoms with Gasteiger partial charge < -0.3 is 0 Å². The van der Waals surface area contributed by atoms with Crippen LogP contribution in [0.2, 0.25) is 0 Å². The van der Waals surface area contributed by atoms with Crippen LogP contribution < -0.4 is 5.48 Å². The Hall–Kier alpha value is -1.34. The molecule has 1 N–H and O–H groups in total. The SMILES string of the molecule is CCONC(=O)C1=C(C#N)CCC1. The van der Waals surface area contributed by atoms with Crippen LogP contribution >= 0.6 is 0 Å². The maximum absolute atomic E-state index is 11.3. The van der Waals surface area contributed by atoms with Crippen molar-refractivity contribution < 1.29 is 9.63 Å². The quantitative estimate of drug-likeness (QED) is 0.660. The first-order valence-electron chi connectivity index (χ1n) is 4.33. The number of allylic oxidation sites excluding steroid dienone is 1. The third-order valence-electron chi connectivity index (χ3n) is 1.94. The van der Waals surface area contributed by atoms with Gasteiger partial charge in [0, 0.05) is 11.1 Å². The number of carbonyl (C=O) groups excluding carboxylic acids is 1. The first-order chi connectivity index (χ1) is 6.29. The zero-order valence-electron chi connectivity index (χ0n) is 7.59. The molecule has 0 spiro atoms. The summed E-state index contributed by atoms with van der Waals surface area (Å²) in [5, 5.41) is 8.68. The van der Waals surface area contributed by atoms with Crippen LogP contribution in [-0.2, 0) is 9.63 Å². The average molecular weight is 180 g/mol. The molecule has 1 rings (SSSR count). The summed E-state index contributed by atoms with van der Waals surface area (Å²) < 4.78 is 0. The van der Waals surface area contributed by atoms with Gasteiger partial charge in [-0.3, -0.25) is 9.63 Å². The van der Waals surface area contributed by atoms with Gasteiger partial charge in [-0.25, -0.2) is 5.48 Å². The fourth-order valence-corrected chi connectivity index (χ4v) is 1.32. The zero-order chi connectivity index (χ0) is 9.68. The van der Waals surface area contributed by atoms with Crippen molar-refractivity contribution in [2.24, 2.45) is 0 Å². The number of nitrogens with zero attached hydrogens (tertiary/aromatic N) is 1. The van der Waals surface area contributed by atoms with Gasteiger partial charge in [0.15, 0.2) is 0 Å². The first-order valence-corrected chi connectivity index (χ1v) is 4.33. The summed E-state index contributed by atoms with van der Waals surface area (Å²) in [6.07, 6.45) is 2.28. The molecule has 0 aromatic rings. The van der Waals surface area contributed by atoms with E-state index in [-0.39, 0.29) is 5.91 Å². The van der Waals surface area contributed by atoms with Crippen molar-refractivity contribution in [2.45, 2.75) is 26.2 Å². The molecule has 0 atom stereocenters. The van der Waals surface area contributed by atoms with Crippen molar-refractivity contribution in [2.75, 3.05) is 6.61 Å². The third kappa shape index (κ3) is 2.30. The van der Waals surface area contributed by atoms with Gasteiger partial charge in [-0.15, -0.1) is 0 Å². The second-order valence-corrected chi connectivity index (χ2v) is 2.79. The lowest BCUT2D eigenvalue weighted by Crippen LogP contribution is -2.25. The topological polar surface area (TPSA) is 62.1 Å². The van der Waals surface area contributed by atoms with E-state index in [1.807, 2.05) is 6.07 Å². The number of hydrogen-bond donors (Lipinski definition) is 1. The van der Waals surface area contributed by atoms with Gasteiger partial charge in [0.25, 0.3) is 5.91 Å². The number of rotatable bonds is 3. The Kier molecular flexibility index (Phi) is 3.47. The van der Waals surface area contributed by atoms with Crippen molar-refractivity contribution in [3.05, 3.63) is 11.1 Å². The molecule has 1 amide bonds. The average Bonchev–Trinajstić information content (AvgIpc) is 2.61. The minimum absolute atomic E-state index is 0.268.